The Bertz CT molecular complexity index is 182. The Morgan fingerprint density at radius 3 is 3.00 bits per heavy atom. The minimum absolute atomic E-state index is 0.0232. The van der Waals surface area contributed by atoms with E-state index in [1.165, 1.54) is 19.3 Å². The lowest BCUT2D eigenvalue weighted by Crippen LogP contribution is -2.26. The van der Waals surface area contributed by atoms with E-state index in [2.05, 4.69) is 41.7 Å². The van der Waals surface area contributed by atoms with Crippen molar-refractivity contribution in [1.29, 1.82) is 0 Å². The van der Waals surface area contributed by atoms with Gasteiger partial charge in [0.15, 0.2) is 6.29 Å². The number of unbranched alkanes of at least 4 members (excludes halogenated alkanes) is 1. The van der Waals surface area contributed by atoms with Gasteiger partial charge in [0.25, 0.3) is 0 Å². The molecule has 1 rings (SSSR count). The Labute approximate surface area is 107 Å². The van der Waals surface area contributed by atoms with Crippen LogP contribution in [0.4, 0.5) is 0 Å². The average Bonchev–Trinajstić information content (AvgIpc) is 2.29. The van der Waals surface area contributed by atoms with Crippen LogP contribution in [-0.2, 0) is 9.47 Å². The summed E-state index contributed by atoms with van der Waals surface area (Å²) in [4.78, 5) is 0. The first-order valence-corrected chi connectivity index (χ1v) is 7.39. The van der Waals surface area contributed by atoms with Crippen LogP contribution >= 0.6 is 22.6 Å². The van der Waals surface area contributed by atoms with Crippen molar-refractivity contribution in [1.82, 2.24) is 0 Å². The molecule has 0 aromatic carbocycles. The average molecular weight is 324 g/mol. The van der Waals surface area contributed by atoms with Crippen LogP contribution in [0, 0.1) is 0 Å². The second kappa shape index (κ2) is 8.53. The quantitative estimate of drug-likeness (QED) is 0.234. The van der Waals surface area contributed by atoms with Crippen LogP contribution in [0.1, 0.15) is 39.0 Å². The fraction of sp³-hybridized carbons (Fsp3) is 0.833. The van der Waals surface area contributed by atoms with Gasteiger partial charge in [0.1, 0.15) is 0 Å². The first kappa shape index (κ1) is 13.5. The first-order valence-electron chi connectivity index (χ1n) is 5.86. The van der Waals surface area contributed by atoms with Crippen LogP contribution in [0.25, 0.3) is 0 Å². The maximum atomic E-state index is 5.87. The van der Waals surface area contributed by atoms with Crippen molar-refractivity contribution < 1.29 is 9.47 Å². The number of hydrogen-bond donors (Lipinski definition) is 0. The van der Waals surface area contributed by atoms with Crippen molar-refractivity contribution in [3.05, 3.63) is 12.2 Å². The molecule has 2 nitrogen and oxygen atoms in total. The van der Waals surface area contributed by atoms with Crippen molar-refractivity contribution in [2.45, 2.75) is 51.4 Å². The van der Waals surface area contributed by atoms with E-state index in [4.69, 9.17) is 9.47 Å². The Kier molecular flexibility index (Phi) is 7.65. The third-order valence-electron chi connectivity index (χ3n) is 2.46. The minimum atomic E-state index is -0.0232. The highest BCUT2D eigenvalue weighted by Crippen LogP contribution is 2.16. The smallest absolute Gasteiger partial charge is 0.167 e. The van der Waals surface area contributed by atoms with Gasteiger partial charge in [-0.3, -0.25) is 0 Å². The monoisotopic (exact) mass is 324 g/mol. The maximum absolute atomic E-state index is 5.87. The summed E-state index contributed by atoms with van der Waals surface area (Å²) in [5.41, 5.74) is 0. The highest BCUT2D eigenvalue weighted by atomic mass is 127. The fourth-order valence-electron chi connectivity index (χ4n) is 1.57. The molecule has 0 saturated carbocycles. The lowest BCUT2D eigenvalue weighted by atomic mass is 10.1. The Morgan fingerprint density at radius 1 is 1.53 bits per heavy atom. The molecular formula is C12H21IO2. The highest BCUT2D eigenvalue weighted by Gasteiger charge is 2.15. The molecule has 0 bridgehead atoms. The number of hydrogen-bond acceptors (Lipinski definition) is 2. The van der Waals surface area contributed by atoms with Gasteiger partial charge in [-0.15, -0.1) is 0 Å². The third kappa shape index (κ3) is 5.88. The molecule has 88 valence electrons. The molecule has 0 spiro atoms. The Hall–Kier alpha value is 0.390. The molecule has 0 aromatic heterocycles. The summed E-state index contributed by atoms with van der Waals surface area (Å²) in [5, 5.41) is 0. The number of allylic oxidation sites excluding steroid dienone is 1. The molecule has 0 amide bonds. The molecule has 0 heterocycles. The summed E-state index contributed by atoms with van der Waals surface area (Å²) in [6.07, 6.45) is 10.5. The van der Waals surface area contributed by atoms with Crippen molar-refractivity contribution in [2.24, 2.45) is 0 Å². The van der Waals surface area contributed by atoms with Crippen molar-refractivity contribution in [3.8, 4) is 0 Å². The van der Waals surface area contributed by atoms with Gasteiger partial charge < -0.3 is 9.47 Å². The zero-order chi connectivity index (χ0) is 10.9. The van der Waals surface area contributed by atoms with Gasteiger partial charge in [0.2, 0.25) is 0 Å². The fourth-order valence-corrected chi connectivity index (χ4v) is 2.03. The molecule has 0 radical (unpaired) electrons. The number of alkyl halides is 1. The van der Waals surface area contributed by atoms with E-state index in [0.717, 1.165) is 23.9 Å². The van der Waals surface area contributed by atoms with Gasteiger partial charge in [-0.2, -0.15) is 0 Å². The van der Waals surface area contributed by atoms with Crippen molar-refractivity contribution in [2.75, 3.05) is 11.0 Å². The van der Waals surface area contributed by atoms with Crippen molar-refractivity contribution in [3.63, 3.8) is 0 Å². The van der Waals surface area contributed by atoms with Crippen LogP contribution in [0.3, 0.4) is 0 Å². The molecule has 1 aliphatic rings. The van der Waals surface area contributed by atoms with Gasteiger partial charge >= 0.3 is 0 Å². The van der Waals surface area contributed by atoms with Crippen LogP contribution in [0.2, 0.25) is 0 Å². The molecule has 2 atom stereocenters. The van der Waals surface area contributed by atoms with E-state index in [0.29, 0.717) is 0 Å². The van der Waals surface area contributed by atoms with Gasteiger partial charge in [0.05, 0.1) is 10.5 Å². The van der Waals surface area contributed by atoms with Gasteiger partial charge in [-0.25, -0.2) is 0 Å². The predicted octanol–water partition coefficient (Wildman–Crippen LogP) is 3.69. The number of rotatable bonds is 7. The van der Waals surface area contributed by atoms with E-state index in [-0.39, 0.29) is 12.4 Å². The molecule has 0 aromatic rings. The van der Waals surface area contributed by atoms with E-state index in [1.54, 1.807) is 0 Å². The minimum Gasteiger partial charge on any atom is -0.352 e. The topological polar surface area (TPSA) is 18.5 Å². The van der Waals surface area contributed by atoms with Gasteiger partial charge in [-0.1, -0.05) is 48.1 Å². The zero-order valence-corrected chi connectivity index (χ0v) is 11.6. The van der Waals surface area contributed by atoms with E-state index in [9.17, 15) is 0 Å². The molecule has 0 saturated heterocycles. The van der Waals surface area contributed by atoms with Crippen LogP contribution in [0.5, 0.6) is 0 Å². The highest BCUT2D eigenvalue weighted by molar-refractivity contribution is 14.1. The standard InChI is InChI=1S/C12H21IO2/c1-2-3-9-14-12(10-13)15-11-7-5-4-6-8-11/h5,7,11-12H,2-4,6,8-10H2,1H3. The summed E-state index contributed by atoms with van der Waals surface area (Å²) < 4.78 is 12.4. The maximum Gasteiger partial charge on any atom is 0.167 e. The molecule has 1 aliphatic carbocycles. The molecule has 0 N–H and O–H groups in total. The van der Waals surface area contributed by atoms with Crippen LogP contribution < -0.4 is 0 Å². The SMILES string of the molecule is CCCCOC(CI)OC1C=CCCC1. The second-order valence-corrected chi connectivity index (χ2v) is 4.72. The first-order chi connectivity index (χ1) is 7.36. The summed E-state index contributed by atoms with van der Waals surface area (Å²) in [6.45, 7) is 2.99. The summed E-state index contributed by atoms with van der Waals surface area (Å²) in [5.74, 6) is 0. The summed E-state index contributed by atoms with van der Waals surface area (Å²) in [6, 6.07) is 0. The largest absolute Gasteiger partial charge is 0.352 e. The molecule has 15 heavy (non-hydrogen) atoms. The Morgan fingerprint density at radius 2 is 2.40 bits per heavy atom. The molecule has 0 aliphatic heterocycles. The Balaban J connectivity index is 2.19. The van der Waals surface area contributed by atoms with Crippen LogP contribution in [0.15, 0.2) is 12.2 Å². The second-order valence-electron chi connectivity index (χ2n) is 3.84. The van der Waals surface area contributed by atoms with Gasteiger partial charge in [0, 0.05) is 6.61 Å². The summed E-state index contributed by atoms with van der Waals surface area (Å²) >= 11 is 2.32. The molecule has 0 fully saturated rings. The van der Waals surface area contributed by atoms with Crippen LogP contribution in [-0.4, -0.2) is 23.4 Å². The molecule has 2 unspecified atom stereocenters. The molecule has 3 heteroatoms. The van der Waals surface area contributed by atoms with E-state index < -0.39 is 0 Å². The lowest BCUT2D eigenvalue weighted by molar-refractivity contribution is -0.146. The summed E-state index contributed by atoms with van der Waals surface area (Å²) in [7, 11) is 0. The van der Waals surface area contributed by atoms with Crippen molar-refractivity contribution >= 4 is 22.6 Å². The third-order valence-corrected chi connectivity index (χ3v) is 3.18. The molecular weight excluding hydrogens is 303 g/mol. The number of halogens is 1. The van der Waals surface area contributed by atoms with E-state index >= 15 is 0 Å². The number of ether oxygens (including phenoxy) is 2. The van der Waals surface area contributed by atoms with E-state index in [1.807, 2.05) is 0 Å². The normalized spacial score (nSPS) is 22.9. The lowest BCUT2D eigenvalue weighted by Gasteiger charge is -2.23. The van der Waals surface area contributed by atoms with Gasteiger partial charge in [-0.05, 0) is 25.7 Å². The predicted molar refractivity (Wildman–Crippen MR) is 71.4 cm³/mol. The zero-order valence-electron chi connectivity index (χ0n) is 9.45.